The largest absolute Gasteiger partial charge is 0.395 e. The summed E-state index contributed by atoms with van der Waals surface area (Å²) in [7, 11) is 0. The molecule has 1 aromatic heterocycles. The lowest BCUT2D eigenvalue weighted by atomic mass is 10.2. The van der Waals surface area contributed by atoms with Crippen LogP contribution >= 0.6 is 23.1 Å². The fourth-order valence-corrected chi connectivity index (χ4v) is 3.85. The third-order valence-electron chi connectivity index (χ3n) is 2.91. The average molecular weight is 302 g/mol. The molecule has 0 aliphatic heterocycles. The highest BCUT2D eigenvalue weighted by atomic mass is 32.2. The Morgan fingerprint density at radius 1 is 1.25 bits per heavy atom. The van der Waals surface area contributed by atoms with E-state index in [0.29, 0.717) is 6.42 Å². The van der Waals surface area contributed by atoms with Crippen LogP contribution < -0.4 is 0 Å². The van der Waals surface area contributed by atoms with Gasteiger partial charge < -0.3 is 5.11 Å². The van der Waals surface area contributed by atoms with Crippen LogP contribution in [0.4, 0.5) is 0 Å². The molecule has 1 nitrogen and oxygen atoms in total. The van der Waals surface area contributed by atoms with Gasteiger partial charge in [0, 0.05) is 27.5 Å². The summed E-state index contributed by atoms with van der Waals surface area (Å²) in [5, 5.41) is 10.9. The number of aliphatic hydroxyl groups excluding tert-OH is 1. The second-order valence-electron chi connectivity index (χ2n) is 4.59. The van der Waals surface area contributed by atoms with Crippen molar-refractivity contribution >= 4 is 23.1 Å². The normalized spacial score (nSPS) is 10.2. The quantitative estimate of drug-likeness (QED) is 0.667. The summed E-state index contributed by atoms with van der Waals surface area (Å²) in [6, 6.07) is 8.63. The van der Waals surface area contributed by atoms with Gasteiger partial charge in [0.15, 0.2) is 0 Å². The molecule has 0 aliphatic carbocycles. The smallest absolute Gasteiger partial charge is 0.0540 e. The molecule has 0 aliphatic rings. The lowest BCUT2D eigenvalue weighted by molar-refractivity contribution is 0.305. The molecule has 0 atom stereocenters. The van der Waals surface area contributed by atoms with Gasteiger partial charge >= 0.3 is 0 Å². The van der Waals surface area contributed by atoms with Crippen molar-refractivity contribution in [2.24, 2.45) is 0 Å². The maximum Gasteiger partial charge on any atom is 0.0540 e. The van der Waals surface area contributed by atoms with Crippen LogP contribution in [0.3, 0.4) is 0 Å². The number of thiophene rings is 1. The van der Waals surface area contributed by atoms with Gasteiger partial charge in [0.1, 0.15) is 0 Å². The van der Waals surface area contributed by atoms with Crippen molar-refractivity contribution in [3.63, 3.8) is 0 Å². The Labute approximate surface area is 129 Å². The predicted molar refractivity (Wildman–Crippen MR) is 88.4 cm³/mol. The van der Waals surface area contributed by atoms with Crippen LogP contribution in [0.5, 0.6) is 0 Å². The van der Waals surface area contributed by atoms with Crippen molar-refractivity contribution in [1.82, 2.24) is 0 Å². The van der Waals surface area contributed by atoms with Crippen LogP contribution in [0.1, 0.15) is 28.0 Å². The zero-order chi connectivity index (χ0) is 14.4. The van der Waals surface area contributed by atoms with Gasteiger partial charge in [-0.3, -0.25) is 0 Å². The first-order valence-corrected chi connectivity index (χ1v) is 8.43. The number of hydrogen-bond acceptors (Lipinski definition) is 3. The predicted octanol–water partition coefficient (Wildman–Crippen LogP) is 4.39. The van der Waals surface area contributed by atoms with Crippen LogP contribution in [0.2, 0.25) is 0 Å². The summed E-state index contributed by atoms with van der Waals surface area (Å²) in [4.78, 5) is 2.65. The second-order valence-corrected chi connectivity index (χ2v) is 6.61. The zero-order valence-corrected chi connectivity index (χ0v) is 13.4. The summed E-state index contributed by atoms with van der Waals surface area (Å²) in [5.74, 6) is 7.09. The number of aliphatic hydroxyl groups is 1. The van der Waals surface area contributed by atoms with Gasteiger partial charge in [0.05, 0.1) is 6.61 Å². The summed E-state index contributed by atoms with van der Waals surface area (Å²) in [6.45, 7) is 4.41. The van der Waals surface area contributed by atoms with Crippen LogP contribution in [0, 0.1) is 25.7 Å². The number of thioether (sulfide) groups is 1. The van der Waals surface area contributed by atoms with Crippen LogP contribution in [-0.2, 0) is 5.75 Å². The van der Waals surface area contributed by atoms with Crippen molar-refractivity contribution in [2.75, 3.05) is 6.61 Å². The highest BCUT2D eigenvalue weighted by Crippen LogP contribution is 2.30. The second kappa shape index (κ2) is 7.54. The van der Waals surface area contributed by atoms with E-state index in [1.165, 1.54) is 20.9 Å². The Morgan fingerprint density at radius 2 is 2.10 bits per heavy atom. The fraction of sp³-hybridized carbons (Fsp3) is 0.294. The van der Waals surface area contributed by atoms with Gasteiger partial charge in [-0.1, -0.05) is 29.5 Å². The van der Waals surface area contributed by atoms with Crippen LogP contribution in [-0.4, -0.2) is 11.7 Å². The molecule has 1 heterocycles. The Morgan fingerprint density at radius 3 is 2.90 bits per heavy atom. The van der Waals surface area contributed by atoms with Crippen molar-refractivity contribution in [3.05, 3.63) is 51.2 Å². The highest BCUT2D eigenvalue weighted by molar-refractivity contribution is 7.98. The summed E-state index contributed by atoms with van der Waals surface area (Å²) in [6.07, 6.45) is 0.541. The lowest BCUT2D eigenvalue weighted by Crippen LogP contribution is -1.85. The Balaban J connectivity index is 2.06. The topological polar surface area (TPSA) is 20.2 Å². The molecule has 1 N–H and O–H groups in total. The Kier molecular flexibility index (Phi) is 5.72. The SMILES string of the molecule is Cc1ccc(C)c(SCc2sccc2C#CCCO)c1. The van der Waals surface area contributed by atoms with E-state index in [9.17, 15) is 0 Å². The maximum absolute atomic E-state index is 8.77. The van der Waals surface area contributed by atoms with E-state index in [1.54, 1.807) is 11.3 Å². The van der Waals surface area contributed by atoms with E-state index in [2.05, 4.69) is 55.3 Å². The van der Waals surface area contributed by atoms with Gasteiger partial charge in [-0.2, -0.15) is 0 Å². The molecular weight excluding hydrogens is 284 g/mol. The van der Waals surface area contributed by atoms with Gasteiger partial charge in [0.2, 0.25) is 0 Å². The number of aryl methyl sites for hydroxylation is 2. The molecule has 2 aromatic rings. The molecule has 0 saturated carbocycles. The summed E-state index contributed by atoms with van der Waals surface area (Å²) < 4.78 is 0. The van der Waals surface area contributed by atoms with E-state index in [-0.39, 0.29) is 6.61 Å². The molecule has 0 saturated heterocycles. The van der Waals surface area contributed by atoms with Crippen molar-refractivity contribution in [3.8, 4) is 11.8 Å². The first kappa shape index (κ1) is 15.2. The number of hydrogen-bond donors (Lipinski definition) is 1. The molecule has 104 valence electrons. The average Bonchev–Trinajstić information content (AvgIpc) is 2.88. The van der Waals surface area contributed by atoms with Crippen molar-refractivity contribution in [2.45, 2.75) is 30.9 Å². The standard InChI is InChI=1S/C17H18OS2/c1-13-6-7-14(2)16(11-13)20-12-17-15(8-10-19-17)5-3-4-9-18/h6-8,10-11,18H,4,9,12H2,1-2H3. The maximum atomic E-state index is 8.77. The molecule has 3 heteroatoms. The molecule has 0 amide bonds. The number of benzene rings is 1. The number of rotatable bonds is 4. The molecule has 2 rings (SSSR count). The first-order valence-electron chi connectivity index (χ1n) is 6.57. The van der Waals surface area contributed by atoms with E-state index < -0.39 is 0 Å². The minimum atomic E-state index is 0.129. The third-order valence-corrected chi connectivity index (χ3v) is 5.20. The third kappa shape index (κ3) is 4.14. The molecule has 1 aromatic carbocycles. The molecule has 0 spiro atoms. The fourth-order valence-electron chi connectivity index (χ4n) is 1.78. The van der Waals surface area contributed by atoms with E-state index in [0.717, 1.165) is 11.3 Å². The minimum absolute atomic E-state index is 0.129. The zero-order valence-electron chi connectivity index (χ0n) is 11.8. The Hall–Kier alpha value is -1.21. The molecule has 20 heavy (non-hydrogen) atoms. The van der Waals surface area contributed by atoms with Crippen LogP contribution in [0.25, 0.3) is 0 Å². The first-order chi connectivity index (χ1) is 9.70. The molecular formula is C17H18OS2. The van der Waals surface area contributed by atoms with E-state index in [4.69, 9.17) is 5.11 Å². The van der Waals surface area contributed by atoms with Gasteiger partial charge in [-0.15, -0.1) is 23.1 Å². The summed E-state index contributed by atoms with van der Waals surface area (Å²) in [5.41, 5.74) is 3.72. The van der Waals surface area contributed by atoms with Crippen molar-refractivity contribution < 1.29 is 5.11 Å². The van der Waals surface area contributed by atoms with E-state index >= 15 is 0 Å². The van der Waals surface area contributed by atoms with E-state index in [1.807, 2.05) is 11.8 Å². The molecule has 0 fully saturated rings. The Bertz CT molecular complexity index is 632. The van der Waals surface area contributed by atoms with Crippen LogP contribution in [0.15, 0.2) is 34.5 Å². The summed E-state index contributed by atoms with van der Waals surface area (Å²) >= 11 is 3.62. The molecule has 0 unspecified atom stereocenters. The van der Waals surface area contributed by atoms with Gasteiger partial charge in [-0.05, 0) is 36.9 Å². The monoisotopic (exact) mass is 302 g/mol. The highest BCUT2D eigenvalue weighted by Gasteiger charge is 2.05. The van der Waals surface area contributed by atoms with Gasteiger partial charge in [-0.25, -0.2) is 0 Å². The van der Waals surface area contributed by atoms with Crippen molar-refractivity contribution in [1.29, 1.82) is 0 Å². The minimum Gasteiger partial charge on any atom is -0.395 e. The lowest BCUT2D eigenvalue weighted by Gasteiger charge is -2.06. The molecule has 0 bridgehead atoms. The van der Waals surface area contributed by atoms with Gasteiger partial charge in [0.25, 0.3) is 0 Å². The molecule has 0 radical (unpaired) electrons.